The van der Waals surface area contributed by atoms with Gasteiger partial charge in [0.15, 0.2) is 5.82 Å². The van der Waals surface area contributed by atoms with Crippen molar-refractivity contribution in [2.75, 3.05) is 18.4 Å². The van der Waals surface area contributed by atoms with Crippen molar-refractivity contribution in [1.29, 1.82) is 0 Å². The minimum Gasteiger partial charge on any atom is -0.360 e. The smallest absolute Gasteiger partial charge is 0.327 e. The average molecular weight is 292 g/mol. The fourth-order valence-electron chi connectivity index (χ4n) is 2.74. The SMILES string of the molecule is Cc1cc(NC(=O)CN2C(=O)[C@H]3CCCCN3C2=O)no1. The first-order valence-electron chi connectivity index (χ1n) is 6.91. The maximum atomic E-state index is 12.2. The molecule has 1 N–H and O–H groups in total. The molecule has 0 aliphatic carbocycles. The minimum atomic E-state index is -0.468. The molecule has 112 valence electrons. The van der Waals surface area contributed by atoms with Crippen molar-refractivity contribution in [1.82, 2.24) is 15.0 Å². The number of nitrogens with zero attached hydrogens (tertiary/aromatic N) is 3. The molecule has 3 rings (SSSR count). The van der Waals surface area contributed by atoms with E-state index in [1.165, 1.54) is 0 Å². The van der Waals surface area contributed by atoms with Crippen LogP contribution in [0.15, 0.2) is 10.6 Å². The van der Waals surface area contributed by atoms with Crippen LogP contribution in [0.2, 0.25) is 0 Å². The standard InChI is InChI=1S/C13H16N4O4/c1-8-6-10(15-21-8)14-11(18)7-17-12(19)9-4-2-3-5-16(9)13(17)20/h6,9H,2-5,7H2,1H3,(H,14,15,18)/t9-/m1/s1. The zero-order valence-corrected chi connectivity index (χ0v) is 11.7. The van der Waals surface area contributed by atoms with Crippen molar-refractivity contribution in [3.05, 3.63) is 11.8 Å². The molecule has 0 aromatic carbocycles. The maximum absolute atomic E-state index is 12.2. The molecule has 3 heterocycles. The minimum absolute atomic E-state index is 0.273. The number of urea groups is 1. The predicted octanol–water partition coefficient (Wildman–Crippen LogP) is 0.738. The Kier molecular flexibility index (Phi) is 3.36. The van der Waals surface area contributed by atoms with E-state index >= 15 is 0 Å². The number of fused-ring (bicyclic) bond motifs is 1. The highest BCUT2D eigenvalue weighted by molar-refractivity contribution is 6.07. The second kappa shape index (κ2) is 5.19. The van der Waals surface area contributed by atoms with E-state index in [1.807, 2.05) is 0 Å². The number of amides is 4. The van der Waals surface area contributed by atoms with E-state index in [9.17, 15) is 14.4 Å². The number of piperidine rings is 1. The Labute approximate surface area is 121 Å². The molecule has 0 radical (unpaired) electrons. The summed E-state index contributed by atoms with van der Waals surface area (Å²) in [4.78, 5) is 38.8. The lowest BCUT2D eigenvalue weighted by Crippen LogP contribution is -2.39. The third-order valence-corrected chi connectivity index (χ3v) is 3.73. The Morgan fingerprint density at radius 3 is 2.95 bits per heavy atom. The highest BCUT2D eigenvalue weighted by Gasteiger charge is 2.46. The monoisotopic (exact) mass is 292 g/mol. The van der Waals surface area contributed by atoms with Gasteiger partial charge in [-0.1, -0.05) is 5.16 Å². The van der Waals surface area contributed by atoms with Crippen molar-refractivity contribution in [3.63, 3.8) is 0 Å². The number of hydrogen-bond acceptors (Lipinski definition) is 5. The molecule has 1 aromatic rings. The second-order valence-corrected chi connectivity index (χ2v) is 5.28. The third-order valence-electron chi connectivity index (χ3n) is 3.73. The van der Waals surface area contributed by atoms with Crippen LogP contribution < -0.4 is 5.32 Å². The number of anilines is 1. The number of aryl methyl sites for hydroxylation is 1. The molecule has 0 saturated carbocycles. The van der Waals surface area contributed by atoms with Crippen LogP contribution in [-0.2, 0) is 9.59 Å². The highest BCUT2D eigenvalue weighted by atomic mass is 16.5. The number of hydrogen-bond donors (Lipinski definition) is 1. The van der Waals surface area contributed by atoms with E-state index in [4.69, 9.17) is 4.52 Å². The lowest BCUT2D eigenvalue weighted by Gasteiger charge is -2.26. The fourth-order valence-corrected chi connectivity index (χ4v) is 2.74. The van der Waals surface area contributed by atoms with Crippen LogP contribution in [0.1, 0.15) is 25.0 Å². The van der Waals surface area contributed by atoms with Crippen LogP contribution in [0.5, 0.6) is 0 Å². The molecule has 2 saturated heterocycles. The molecule has 0 spiro atoms. The van der Waals surface area contributed by atoms with Gasteiger partial charge in [-0.3, -0.25) is 14.5 Å². The molecule has 0 unspecified atom stereocenters. The second-order valence-electron chi connectivity index (χ2n) is 5.28. The summed E-state index contributed by atoms with van der Waals surface area (Å²) in [5.74, 6) is 0.0844. The summed E-state index contributed by atoms with van der Waals surface area (Å²) in [7, 11) is 0. The number of carbonyl (C=O) groups excluding carboxylic acids is 3. The van der Waals surface area contributed by atoms with E-state index in [-0.39, 0.29) is 24.3 Å². The van der Waals surface area contributed by atoms with Gasteiger partial charge in [-0.25, -0.2) is 4.79 Å². The van der Waals surface area contributed by atoms with E-state index in [0.717, 1.165) is 17.7 Å². The zero-order chi connectivity index (χ0) is 15.0. The molecule has 1 aromatic heterocycles. The molecular formula is C13H16N4O4. The molecule has 2 aliphatic rings. The topological polar surface area (TPSA) is 95.8 Å². The van der Waals surface area contributed by atoms with Crippen molar-refractivity contribution in [2.45, 2.75) is 32.2 Å². The van der Waals surface area contributed by atoms with E-state index in [0.29, 0.717) is 18.7 Å². The van der Waals surface area contributed by atoms with Crippen LogP contribution in [0.3, 0.4) is 0 Å². The number of rotatable bonds is 3. The van der Waals surface area contributed by atoms with Crippen LogP contribution >= 0.6 is 0 Å². The Morgan fingerprint density at radius 2 is 2.29 bits per heavy atom. The van der Waals surface area contributed by atoms with E-state index in [1.54, 1.807) is 17.9 Å². The van der Waals surface area contributed by atoms with Gasteiger partial charge in [-0.2, -0.15) is 0 Å². The summed E-state index contributed by atoms with van der Waals surface area (Å²) in [6.07, 6.45) is 2.50. The normalized spacial score (nSPS) is 21.7. The maximum Gasteiger partial charge on any atom is 0.327 e. The summed E-state index contributed by atoms with van der Waals surface area (Å²) >= 11 is 0. The van der Waals surface area contributed by atoms with Gasteiger partial charge in [-0.05, 0) is 26.2 Å². The first-order valence-corrected chi connectivity index (χ1v) is 6.91. The van der Waals surface area contributed by atoms with Gasteiger partial charge in [0.2, 0.25) is 5.91 Å². The zero-order valence-electron chi connectivity index (χ0n) is 11.7. The molecule has 8 heteroatoms. The Balaban J connectivity index is 1.65. The molecule has 1 atom stereocenters. The quantitative estimate of drug-likeness (QED) is 0.829. The first-order chi connectivity index (χ1) is 10.1. The van der Waals surface area contributed by atoms with Crippen LogP contribution in [0.4, 0.5) is 10.6 Å². The van der Waals surface area contributed by atoms with E-state index in [2.05, 4.69) is 10.5 Å². The fraction of sp³-hybridized carbons (Fsp3) is 0.538. The molecule has 0 bridgehead atoms. The highest BCUT2D eigenvalue weighted by Crippen LogP contribution is 2.26. The van der Waals surface area contributed by atoms with Crippen molar-refractivity contribution in [2.24, 2.45) is 0 Å². The number of aromatic nitrogens is 1. The van der Waals surface area contributed by atoms with Gasteiger partial charge in [0.1, 0.15) is 18.3 Å². The van der Waals surface area contributed by atoms with Crippen LogP contribution in [0.25, 0.3) is 0 Å². The van der Waals surface area contributed by atoms with Gasteiger partial charge >= 0.3 is 6.03 Å². The summed E-state index contributed by atoms with van der Waals surface area (Å²) in [6, 6.07) is 0.791. The molecule has 2 aliphatic heterocycles. The molecule has 2 fully saturated rings. The molecule has 4 amide bonds. The van der Waals surface area contributed by atoms with Gasteiger partial charge in [0.05, 0.1) is 0 Å². The Bertz CT molecular complexity index is 573. The summed E-state index contributed by atoms with van der Waals surface area (Å²) < 4.78 is 4.83. The van der Waals surface area contributed by atoms with Gasteiger partial charge in [0, 0.05) is 12.6 Å². The van der Waals surface area contributed by atoms with Crippen molar-refractivity contribution < 1.29 is 18.9 Å². The molecule has 21 heavy (non-hydrogen) atoms. The number of carbonyl (C=O) groups is 3. The summed E-state index contributed by atoms with van der Waals surface area (Å²) in [5, 5.41) is 6.14. The van der Waals surface area contributed by atoms with Gasteiger partial charge in [0.25, 0.3) is 5.91 Å². The molecular weight excluding hydrogens is 276 g/mol. The summed E-state index contributed by atoms with van der Waals surface area (Å²) in [6.45, 7) is 1.99. The van der Waals surface area contributed by atoms with Crippen molar-refractivity contribution in [3.8, 4) is 0 Å². The predicted molar refractivity (Wildman–Crippen MR) is 71.3 cm³/mol. The van der Waals surface area contributed by atoms with Gasteiger partial charge in [-0.15, -0.1) is 0 Å². The Morgan fingerprint density at radius 1 is 1.48 bits per heavy atom. The number of imide groups is 1. The van der Waals surface area contributed by atoms with Gasteiger partial charge < -0.3 is 14.7 Å². The van der Waals surface area contributed by atoms with E-state index < -0.39 is 11.9 Å². The summed E-state index contributed by atoms with van der Waals surface area (Å²) in [5.41, 5.74) is 0. The Hall–Kier alpha value is -2.38. The average Bonchev–Trinajstić information content (AvgIpc) is 2.97. The van der Waals surface area contributed by atoms with Crippen molar-refractivity contribution >= 4 is 23.7 Å². The van der Waals surface area contributed by atoms with Crippen LogP contribution in [0, 0.1) is 6.92 Å². The first kappa shape index (κ1) is 13.6. The molecule has 8 nitrogen and oxygen atoms in total. The third kappa shape index (κ3) is 2.48. The lowest BCUT2D eigenvalue weighted by molar-refractivity contribution is -0.131. The largest absolute Gasteiger partial charge is 0.360 e. The van der Waals surface area contributed by atoms with Crippen LogP contribution in [-0.4, -0.2) is 51.9 Å². The number of nitrogens with one attached hydrogen (secondary N) is 1. The lowest BCUT2D eigenvalue weighted by atomic mass is 10.0.